The number of carbonyl (C=O) groups excluding carboxylic acids is 2. The Hall–Kier alpha value is -2.58. The topological polar surface area (TPSA) is 90.0 Å². The molecule has 0 spiro atoms. The summed E-state index contributed by atoms with van der Waals surface area (Å²) in [5, 5.41) is 0.385. The molecule has 0 bridgehead atoms. The lowest BCUT2D eigenvalue weighted by Gasteiger charge is -2.25. The molecule has 29 heavy (non-hydrogen) atoms. The predicted octanol–water partition coefficient (Wildman–Crippen LogP) is 3.58. The molecule has 0 saturated heterocycles. The summed E-state index contributed by atoms with van der Waals surface area (Å²) in [5.74, 6) is -1.21. The number of anilines is 1. The number of halogens is 1. The van der Waals surface area contributed by atoms with Crippen molar-refractivity contribution in [3.05, 3.63) is 58.6 Å². The third kappa shape index (κ3) is 5.48. The van der Waals surface area contributed by atoms with E-state index in [-0.39, 0.29) is 29.4 Å². The van der Waals surface area contributed by atoms with E-state index in [4.69, 9.17) is 21.1 Å². The molecule has 2 aromatic carbocycles. The maximum Gasteiger partial charge on any atom is 0.338 e. The smallest absolute Gasteiger partial charge is 0.338 e. The van der Waals surface area contributed by atoms with Crippen LogP contribution in [-0.4, -0.2) is 40.1 Å². The monoisotopic (exact) mass is 439 g/mol. The number of carbonyl (C=O) groups is 2. The van der Waals surface area contributed by atoms with Gasteiger partial charge in [-0.05, 0) is 68.8 Å². The first-order valence-electron chi connectivity index (χ1n) is 8.92. The molecule has 0 amide bonds. The van der Waals surface area contributed by atoms with Gasteiger partial charge in [0.2, 0.25) is 0 Å². The molecule has 0 aliphatic heterocycles. The zero-order valence-corrected chi connectivity index (χ0v) is 17.9. The van der Waals surface area contributed by atoms with Gasteiger partial charge in [-0.2, -0.15) is 0 Å². The summed E-state index contributed by atoms with van der Waals surface area (Å²) in [6, 6.07) is 10.1. The van der Waals surface area contributed by atoms with E-state index in [1.165, 1.54) is 42.5 Å². The lowest BCUT2D eigenvalue weighted by molar-refractivity contribution is -0.141. The van der Waals surface area contributed by atoms with E-state index < -0.39 is 28.5 Å². The van der Waals surface area contributed by atoms with Crippen LogP contribution in [0.3, 0.4) is 0 Å². The molecule has 0 atom stereocenters. The van der Waals surface area contributed by atoms with Crippen LogP contribution in [0.1, 0.15) is 29.8 Å². The molecule has 0 aliphatic carbocycles. The van der Waals surface area contributed by atoms with Crippen LogP contribution in [0.15, 0.2) is 47.4 Å². The summed E-state index contributed by atoms with van der Waals surface area (Å²) < 4.78 is 37.3. The Kier molecular flexibility index (Phi) is 7.64. The highest BCUT2D eigenvalue weighted by atomic mass is 35.5. The lowest BCUT2D eigenvalue weighted by atomic mass is 10.1. The van der Waals surface area contributed by atoms with Crippen molar-refractivity contribution >= 4 is 39.3 Å². The van der Waals surface area contributed by atoms with Crippen molar-refractivity contribution in [3.63, 3.8) is 0 Å². The Morgan fingerprint density at radius 2 is 1.62 bits per heavy atom. The highest BCUT2D eigenvalue weighted by molar-refractivity contribution is 7.92. The van der Waals surface area contributed by atoms with Crippen molar-refractivity contribution in [1.29, 1.82) is 0 Å². The Morgan fingerprint density at radius 1 is 1.00 bits per heavy atom. The summed E-state index contributed by atoms with van der Waals surface area (Å²) >= 11 is 5.86. The van der Waals surface area contributed by atoms with Gasteiger partial charge in [0, 0.05) is 5.02 Å². The fourth-order valence-electron chi connectivity index (χ4n) is 2.63. The van der Waals surface area contributed by atoms with E-state index in [0.717, 1.165) is 4.31 Å². The van der Waals surface area contributed by atoms with E-state index >= 15 is 0 Å². The van der Waals surface area contributed by atoms with E-state index in [2.05, 4.69) is 0 Å². The maximum absolute atomic E-state index is 13.2. The summed E-state index contributed by atoms with van der Waals surface area (Å²) in [6.07, 6.45) is 0. The van der Waals surface area contributed by atoms with E-state index in [9.17, 15) is 18.0 Å². The number of nitrogens with zero attached hydrogens (tertiary/aromatic N) is 1. The Labute approximate surface area is 175 Å². The van der Waals surface area contributed by atoms with Crippen molar-refractivity contribution in [2.24, 2.45) is 0 Å². The summed E-state index contributed by atoms with van der Waals surface area (Å²) in [6.45, 7) is 4.80. The standard InChI is InChI=1S/C20H22ClNO6S/c1-4-27-19(23)13-22(29(25,26)17-9-7-16(21)8-10-17)18-11-6-15(12-14(18)3)20(24)28-5-2/h6-12H,4-5,13H2,1-3H3. The number of hydrogen-bond acceptors (Lipinski definition) is 6. The van der Waals surface area contributed by atoms with Crippen LogP contribution in [0.25, 0.3) is 0 Å². The molecule has 156 valence electrons. The van der Waals surface area contributed by atoms with E-state index in [0.29, 0.717) is 10.6 Å². The molecule has 0 saturated carbocycles. The average Bonchev–Trinajstić information content (AvgIpc) is 2.67. The number of aryl methyl sites for hydroxylation is 1. The Morgan fingerprint density at radius 3 is 2.17 bits per heavy atom. The Bertz CT molecular complexity index is 989. The molecule has 0 N–H and O–H groups in total. The van der Waals surface area contributed by atoms with Gasteiger partial charge in [0.15, 0.2) is 0 Å². The molecular weight excluding hydrogens is 418 g/mol. The van der Waals surface area contributed by atoms with Crippen LogP contribution in [-0.2, 0) is 24.3 Å². The van der Waals surface area contributed by atoms with Gasteiger partial charge in [-0.1, -0.05) is 11.6 Å². The van der Waals surface area contributed by atoms with Crippen LogP contribution in [0, 0.1) is 6.92 Å². The van der Waals surface area contributed by atoms with Gasteiger partial charge < -0.3 is 9.47 Å². The van der Waals surface area contributed by atoms with Crippen molar-refractivity contribution in [2.75, 3.05) is 24.1 Å². The highest BCUT2D eigenvalue weighted by Gasteiger charge is 2.29. The minimum atomic E-state index is -4.09. The summed E-state index contributed by atoms with van der Waals surface area (Å²) in [7, 11) is -4.09. The average molecular weight is 440 g/mol. The largest absolute Gasteiger partial charge is 0.465 e. The lowest BCUT2D eigenvalue weighted by Crippen LogP contribution is -2.37. The summed E-state index contributed by atoms with van der Waals surface area (Å²) in [4.78, 5) is 24.0. The van der Waals surface area contributed by atoms with Gasteiger partial charge >= 0.3 is 11.9 Å². The van der Waals surface area contributed by atoms with Crippen molar-refractivity contribution in [1.82, 2.24) is 0 Å². The first-order chi connectivity index (χ1) is 13.7. The zero-order valence-electron chi connectivity index (χ0n) is 16.3. The second-order valence-corrected chi connectivity index (χ2v) is 8.29. The molecule has 0 radical (unpaired) electrons. The van der Waals surface area contributed by atoms with Gasteiger partial charge in [-0.15, -0.1) is 0 Å². The minimum absolute atomic E-state index is 0.0277. The SMILES string of the molecule is CCOC(=O)CN(c1ccc(C(=O)OCC)cc1C)S(=O)(=O)c1ccc(Cl)cc1. The van der Waals surface area contributed by atoms with Crippen LogP contribution in [0.5, 0.6) is 0 Å². The zero-order chi connectivity index (χ0) is 21.6. The van der Waals surface area contributed by atoms with Crippen molar-refractivity contribution in [3.8, 4) is 0 Å². The molecule has 0 aliphatic rings. The second-order valence-electron chi connectivity index (χ2n) is 5.99. The molecule has 7 nitrogen and oxygen atoms in total. The molecular formula is C20H22ClNO6S. The molecule has 2 aromatic rings. The van der Waals surface area contributed by atoms with E-state index in [1.54, 1.807) is 20.8 Å². The Balaban J connectivity index is 2.52. The van der Waals surface area contributed by atoms with Crippen LogP contribution in [0.4, 0.5) is 5.69 Å². The number of benzene rings is 2. The second kappa shape index (κ2) is 9.76. The number of sulfonamides is 1. The first-order valence-corrected chi connectivity index (χ1v) is 10.7. The molecule has 0 heterocycles. The van der Waals surface area contributed by atoms with Crippen LogP contribution in [0.2, 0.25) is 5.02 Å². The van der Waals surface area contributed by atoms with Crippen LogP contribution < -0.4 is 4.31 Å². The minimum Gasteiger partial charge on any atom is -0.465 e. The molecule has 9 heteroatoms. The molecule has 0 fully saturated rings. The third-order valence-electron chi connectivity index (χ3n) is 3.96. The number of hydrogen-bond donors (Lipinski definition) is 0. The molecule has 0 aromatic heterocycles. The van der Waals surface area contributed by atoms with Gasteiger partial charge in [0.25, 0.3) is 10.0 Å². The molecule has 2 rings (SSSR count). The number of rotatable bonds is 8. The first kappa shape index (κ1) is 22.7. The van der Waals surface area contributed by atoms with Gasteiger partial charge in [0.1, 0.15) is 6.54 Å². The molecule has 0 unspecified atom stereocenters. The van der Waals surface area contributed by atoms with E-state index in [1.807, 2.05) is 0 Å². The number of ether oxygens (including phenoxy) is 2. The highest BCUT2D eigenvalue weighted by Crippen LogP contribution is 2.28. The number of esters is 2. The van der Waals surface area contributed by atoms with Gasteiger partial charge in [0.05, 0.1) is 29.4 Å². The van der Waals surface area contributed by atoms with Gasteiger partial charge in [-0.25, -0.2) is 13.2 Å². The summed E-state index contributed by atoms with van der Waals surface area (Å²) in [5.41, 5.74) is 1.02. The van der Waals surface area contributed by atoms with Crippen molar-refractivity contribution in [2.45, 2.75) is 25.7 Å². The fraction of sp³-hybridized carbons (Fsp3) is 0.300. The van der Waals surface area contributed by atoms with Crippen molar-refractivity contribution < 1.29 is 27.5 Å². The van der Waals surface area contributed by atoms with Gasteiger partial charge in [-0.3, -0.25) is 9.10 Å². The normalized spacial score (nSPS) is 11.0. The predicted molar refractivity (Wildman–Crippen MR) is 110 cm³/mol. The third-order valence-corrected chi connectivity index (χ3v) is 5.98. The quantitative estimate of drug-likeness (QED) is 0.584. The van der Waals surface area contributed by atoms with Crippen LogP contribution >= 0.6 is 11.6 Å². The maximum atomic E-state index is 13.2. The fourth-order valence-corrected chi connectivity index (χ4v) is 4.23.